The summed E-state index contributed by atoms with van der Waals surface area (Å²) < 4.78 is 5.88. The maximum atomic E-state index is 12.4. The molecule has 1 amide bonds. The zero-order valence-corrected chi connectivity index (χ0v) is 18.2. The summed E-state index contributed by atoms with van der Waals surface area (Å²) in [6.45, 7) is 3.94. The van der Waals surface area contributed by atoms with Gasteiger partial charge in [0.1, 0.15) is 5.75 Å². The second-order valence-electron chi connectivity index (χ2n) is 6.54. The predicted molar refractivity (Wildman–Crippen MR) is 118 cm³/mol. The van der Waals surface area contributed by atoms with Gasteiger partial charge in [0.15, 0.2) is 10.1 Å². The average molecular weight is 427 g/mol. The van der Waals surface area contributed by atoms with E-state index in [0.29, 0.717) is 17.0 Å². The zero-order valence-electron chi connectivity index (χ0n) is 16.5. The average Bonchev–Trinajstić information content (AvgIpc) is 3.16. The Morgan fingerprint density at radius 1 is 1.10 bits per heavy atom. The summed E-state index contributed by atoms with van der Waals surface area (Å²) in [5.74, 6) is 0.951. The number of aromatic nitrogens is 1. The van der Waals surface area contributed by atoms with Crippen molar-refractivity contribution >= 4 is 40.5 Å². The maximum Gasteiger partial charge on any atom is 0.230 e. The standard InChI is InChI=1S/C22H22N2O3S2/c1-14-5-4-6-15(2)21(14)24-20(26)11-17-12-28-22(23-17)29-13-19(25)16-7-9-18(27-3)10-8-16/h4-10,12H,11,13H2,1-3H3,(H,24,26). The van der Waals surface area contributed by atoms with Gasteiger partial charge in [-0.25, -0.2) is 4.98 Å². The number of hydrogen-bond acceptors (Lipinski definition) is 6. The van der Waals surface area contributed by atoms with Crippen LogP contribution in [0.15, 0.2) is 52.2 Å². The van der Waals surface area contributed by atoms with Gasteiger partial charge >= 0.3 is 0 Å². The van der Waals surface area contributed by atoms with E-state index in [1.807, 2.05) is 37.4 Å². The van der Waals surface area contributed by atoms with Gasteiger partial charge in [-0.2, -0.15) is 0 Å². The van der Waals surface area contributed by atoms with Crippen molar-refractivity contribution in [2.24, 2.45) is 0 Å². The molecule has 2 aromatic carbocycles. The number of Topliss-reactive ketones (excluding diaryl/α,β-unsaturated/α-hetero) is 1. The molecule has 0 fully saturated rings. The van der Waals surface area contributed by atoms with Crippen LogP contribution in [0.5, 0.6) is 5.75 Å². The fourth-order valence-electron chi connectivity index (χ4n) is 2.78. The van der Waals surface area contributed by atoms with Crippen LogP contribution in [0.25, 0.3) is 0 Å². The molecule has 0 aliphatic heterocycles. The molecule has 0 saturated heterocycles. The Balaban J connectivity index is 1.53. The number of nitrogens with one attached hydrogen (secondary N) is 1. The molecule has 1 heterocycles. The molecule has 7 heteroatoms. The lowest BCUT2D eigenvalue weighted by molar-refractivity contribution is -0.115. The van der Waals surface area contributed by atoms with Crippen molar-refractivity contribution in [2.45, 2.75) is 24.6 Å². The van der Waals surface area contributed by atoms with E-state index in [2.05, 4.69) is 10.3 Å². The highest BCUT2D eigenvalue weighted by molar-refractivity contribution is 8.01. The number of thioether (sulfide) groups is 1. The number of benzene rings is 2. The Hall–Kier alpha value is -2.64. The summed E-state index contributed by atoms with van der Waals surface area (Å²) in [4.78, 5) is 29.2. The summed E-state index contributed by atoms with van der Waals surface area (Å²) in [7, 11) is 1.59. The van der Waals surface area contributed by atoms with Gasteiger partial charge in [0.25, 0.3) is 0 Å². The quantitative estimate of drug-likeness (QED) is 0.409. The van der Waals surface area contributed by atoms with Crippen molar-refractivity contribution in [3.05, 3.63) is 70.2 Å². The van der Waals surface area contributed by atoms with E-state index in [4.69, 9.17) is 4.74 Å². The molecule has 1 aromatic heterocycles. The van der Waals surface area contributed by atoms with Gasteiger partial charge in [0.05, 0.1) is 25.0 Å². The molecule has 150 valence electrons. The summed E-state index contributed by atoms with van der Waals surface area (Å²) in [6, 6.07) is 13.0. The van der Waals surface area contributed by atoms with Crippen molar-refractivity contribution in [1.29, 1.82) is 0 Å². The summed E-state index contributed by atoms with van der Waals surface area (Å²) in [6.07, 6.45) is 0.206. The van der Waals surface area contributed by atoms with Crippen molar-refractivity contribution in [1.82, 2.24) is 4.98 Å². The Labute approximate surface area is 178 Å². The highest BCUT2D eigenvalue weighted by Crippen LogP contribution is 2.25. The maximum absolute atomic E-state index is 12.4. The van der Waals surface area contributed by atoms with E-state index in [0.717, 1.165) is 26.9 Å². The van der Waals surface area contributed by atoms with Crippen LogP contribution in [-0.4, -0.2) is 29.5 Å². The lowest BCUT2D eigenvalue weighted by Crippen LogP contribution is -2.16. The molecule has 0 spiro atoms. The number of para-hydroxylation sites is 1. The third-order valence-electron chi connectivity index (χ3n) is 4.36. The number of amides is 1. The van der Waals surface area contributed by atoms with Gasteiger partial charge in [0.2, 0.25) is 5.91 Å². The number of nitrogens with zero attached hydrogens (tertiary/aromatic N) is 1. The van der Waals surface area contributed by atoms with Gasteiger partial charge < -0.3 is 10.1 Å². The fraction of sp³-hybridized carbons (Fsp3) is 0.227. The van der Waals surface area contributed by atoms with Gasteiger partial charge in [-0.15, -0.1) is 11.3 Å². The minimum atomic E-state index is -0.0986. The molecule has 5 nitrogen and oxygen atoms in total. The van der Waals surface area contributed by atoms with Crippen LogP contribution in [0.1, 0.15) is 27.2 Å². The third-order valence-corrected chi connectivity index (χ3v) is 6.43. The van der Waals surface area contributed by atoms with Crippen LogP contribution >= 0.6 is 23.1 Å². The minimum absolute atomic E-state index is 0.0298. The van der Waals surface area contributed by atoms with Crippen LogP contribution in [0.4, 0.5) is 5.69 Å². The monoisotopic (exact) mass is 426 g/mol. The Bertz CT molecular complexity index is 993. The first kappa shape index (κ1) is 21.1. The van der Waals surface area contributed by atoms with Crippen molar-refractivity contribution in [3.8, 4) is 5.75 Å². The molecule has 0 aliphatic carbocycles. The molecule has 1 N–H and O–H groups in total. The Kier molecular flexibility index (Phi) is 7.06. The molecule has 0 atom stereocenters. The lowest BCUT2D eigenvalue weighted by Gasteiger charge is -2.10. The van der Waals surface area contributed by atoms with E-state index < -0.39 is 0 Å². The van der Waals surface area contributed by atoms with Gasteiger partial charge in [-0.1, -0.05) is 30.0 Å². The normalized spacial score (nSPS) is 10.6. The van der Waals surface area contributed by atoms with Crippen LogP contribution in [-0.2, 0) is 11.2 Å². The van der Waals surface area contributed by atoms with Crippen LogP contribution in [0.3, 0.4) is 0 Å². The number of carbonyl (C=O) groups is 2. The van der Waals surface area contributed by atoms with E-state index in [1.165, 1.54) is 23.1 Å². The molecule has 0 unspecified atom stereocenters. The lowest BCUT2D eigenvalue weighted by atomic mass is 10.1. The van der Waals surface area contributed by atoms with Crippen LogP contribution < -0.4 is 10.1 Å². The minimum Gasteiger partial charge on any atom is -0.497 e. The first-order valence-corrected chi connectivity index (χ1v) is 10.9. The van der Waals surface area contributed by atoms with Crippen molar-refractivity contribution in [3.63, 3.8) is 0 Å². The number of ether oxygens (including phenoxy) is 1. The molecule has 0 aliphatic rings. The first-order valence-electron chi connectivity index (χ1n) is 9.07. The number of carbonyl (C=O) groups excluding carboxylic acids is 2. The molecule has 3 aromatic rings. The summed E-state index contributed by atoms with van der Waals surface area (Å²) in [5, 5.41) is 4.84. The molecule has 0 bridgehead atoms. The van der Waals surface area contributed by atoms with Gasteiger partial charge in [-0.3, -0.25) is 9.59 Å². The Morgan fingerprint density at radius 2 is 1.79 bits per heavy atom. The van der Waals surface area contributed by atoms with Crippen molar-refractivity contribution < 1.29 is 14.3 Å². The predicted octanol–water partition coefficient (Wildman–Crippen LogP) is 4.92. The highest BCUT2D eigenvalue weighted by Gasteiger charge is 2.13. The van der Waals surface area contributed by atoms with E-state index in [1.54, 1.807) is 31.4 Å². The second kappa shape index (κ2) is 9.71. The smallest absolute Gasteiger partial charge is 0.230 e. The highest BCUT2D eigenvalue weighted by atomic mass is 32.2. The number of anilines is 1. The molecule has 3 rings (SSSR count). The number of aryl methyl sites for hydroxylation is 2. The molecule has 0 radical (unpaired) electrons. The van der Waals surface area contributed by atoms with Crippen molar-refractivity contribution in [2.75, 3.05) is 18.2 Å². The number of rotatable bonds is 8. The fourth-order valence-corrected chi connectivity index (χ4v) is 4.52. The van der Waals surface area contributed by atoms with Crippen LogP contribution in [0, 0.1) is 13.8 Å². The number of ketones is 1. The zero-order chi connectivity index (χ0) is 20.8. The summed E-state index contributed by atoms with van der Waals surface area (Å²) in [5.41, 5.74) is 4.27. The molecular formula is C22H22N2O3S2. The van der Waals surface area contributed by atoms with Crippen LogP contribution in [0.2, 0.25) is 0 Å². The summed E-state index contributed by atoms with van der Waals surface area (Å²) >= 11 is 2.83. The van der Waals surface area contributed by atoms with E-state index >= 15 is 0 Å². The Morgan fingerprint density at radius 3 is 2.45 bits per heavy atom. The largest absolute Gasteiger partial charge is 0.497 e. The molecule has 29 heavy (non-hydrogen) atoms. The van der Waals surface area contributed by atoms with Gasteiger partial charge in [0, 0.05) is 16.6 Å². The SMILES string of the molecule is COc1ccc(C(=O)CSc2nc(CC(=O)Nc3c(C)cccc3C)cs2)cc1. The molecule has 0 saturated carbocycles. The number of methoxy groups -OCH3 is 1. The topological polar surface area (TPSA) is 68.3 Å². The number of hydrogen-bond donors (Lipinski definition) is 1. The van der Waals surface area contributed by atoms with E-state index in [9.17, 15) is 9.59 Å². The first-order chi connectivity index (χ1) is 14.0. The third kappa shape index (κ3) is 5.68. The van der Waals surface area contributed by atoms with E-state index in [-0.39, 0.29) is 18.1 Å². The molecular weight excluding hydrogens is 404 g/mol. The number of thiazole rings is 1. The van der Waals surface area contributed by atoms with Gasteiger partial charge in [-0.05, 0) is 49.2 Å². The second-order valence-corrected chi connectivity index (χ2v) is 8.62.